The molecule has 2 fully saturated rings. The zero-order valence-electron chi connectivity index (χ0n) is 18.8. The van der Waals surface area contributed by atoms with Crippen molar-refractivity contribution in [3.8, 4) is 11.1 Å². The van der Waals surface area contributed by atoms with Crippen LogP contribution in [-0.2, 0) is 19.1 Å². The third-order valence-corrected chi connectivity index (χ3v) is 7.05. The van der Waals surface area contributed by atoms with Gasteiger partial charge in [-0.25, -0.2) is 9.59 Å². The summed E-state index contributed by atoms with van der Waals surface area (Å²) in [5.41, 5.74) is 4.71. The molecule has 1 saturated carbocycles. The molecule has 0 unspecified atom stereocenters. The van der Waals surface area contributed by atoms with E-state index in [4.69, 9.17) is 14.6 Å². The smallest absolute Gasteiger partial charge is 0.407 e. The summed E-state index contributed by atoms with van der Waals surface area (Å²) in [5.74, 6) is -1.09. The zero-order chi connectivity index (χ0) is 23.7. The van der Waals surface area contributed by atoms with Crippen molar-refractivity contribution in [2.75, 3.05) is 26.3 Å². The summed E-state index contributed by atoms with van der Waals surface area (Å²) in [6, 6.07) is 16.3. The monoisotopic (exact) mass is 464 g/mol. The molecule has 34 heavy (non-hydrogen) atoms. The highest BCUT2D eigenvalue weighted by molar-refractivity contribution is 5.81. The lowest BCUT2D eigenvalue weighted by atomic mass is 9.98. The molecule has 1 saturated heterocycles. The SMILES string of the molecule is O=C(O)COC1CN(C(=O)[C@H]2CC[C@@H](NC(=O)OCC3c4ccccc4-c4ccccc43)C2)C1. The number of likely N-dealkylation sites (tertiary alicyclic amines) is 1. The minimum Gasteiger partial charge on any atom is -0.480 e. The molecule has 1 aliphatic heterocycles. The molecule has 8 heteroatoms. The number of aliphatic carboxylic acids is 1. The van der Waals surface area contributed by atoms with Gasteiger partial charge in [-0.2, -0.15) is 0 Å². The van der Waals surface area contributed by atoms with E-state index in [-0.39, 0.29) is 43.1 Å². The molecule has 178 valence electrons. The van der Waals surface area contributed by atoms with E-state index in [1.54, 1.807) is 4.90 Å². The first-order chi connectivity index (χ1) is 16.5. The van der Waals surface area contributed by atoms with E-state index in [2.05, 4.69) is 29.6 Å². The number of alkyl carbamates (subject to hydrolysis) is 1. The number of hydrogen-bond donors (Lipinski definition) is 2. The van der Waals surface area contributed by atoms with E-state index in [1.165, 1.54) is 22.3 Å². The quantitative estimate of drug-likeness (QED) is 0.653. The van der Waals surface area contributed by atoms with Gasteiger partial charge in [0.25, 0.3) is 0 Å². The molecule has 2 aliphatic carbocycles. The van der Waals surface area contributed by atoms with E-state index in [1.807, 2.05) is 24.3 Å². The molecular weight excluding hydrogens is 436 g/mol. The lowest BCUT2D eigenvalue weighted by Crippen LogP contribution is -2.56. The Balaban J connectivity index is 1.09. The van der Waals surface area contributed by atoms with Crippen molar-refractivity contribution in [2.45, 2.75) is 37.3 Å². The van der Waals surface area contributed by atoms with Gasteiger partial charge in [0.05, 0.1) is 6.10 Å². The summed E-state index contributed by atoms with van der Waals surface area (Å²) in [4.78, 5) is 37.5. The second-order valence-electron chi connectivity index (χ2n) is 9.25. The summed E-state index contributed by atoms with van der Waals surface area (Å²) in [5, 5.41) is 11.6. The highest BCUT2D eigenvalue weighted by Crippen LogP contribution is 2.44. The number of fused-ring (bicyclic) bond motifs is 3. The van der Waals surface area contributed by atoms with Gasteiger partial charge in [-0.15, -0.1) is 0 Å². The number of nitrogens with one attached hydrogen (secondary N) is 1. The third-order valence-electron chi connectivity index (χ3n) is 7.05. The highest BCUT2D eigenvalue weighted by Gasteiger charge is 2.39. The van der Waals surface area contributed by atoms with Crippen molar-refractivity contribution < 1.29 is 29.0 Å². The van der Waals surface area contributed by atoms with Crippen LogP contribution in [0.25, 0.3) is 11.1 Å². The van der Waals surface area contributed by atoms with Crippen molar-refractivity contribution in [2.24, 2.45) is 5.92 Å². The third kappa shape index (κ3) is 4.50. The molecule has 2 aromatic rings. The first kappa shape index (κ1) is 22.4. The van der Waals surface area contributed by atoms with Crippen molar-refractivity contribution >= 4 is 18.0 Å². The molecule has 8 nitrogen and oxygen atoms in total. The van der Waals surface area contributed by atoms with Gasteiger partial charge in [-0.1, -0.05) is 48.5 Å². The summed E-state index contributed by atoms with van der Waals surface area (Å²) in [6.45, 7) is 0.767. The minimum absolute atomic E-state index is 0.0127. The lowest BCUT2D eigenvalue weighted by molar-refractivity contribution is -0.156. The van der Waals surface area contributed by atoms with Crippen LogP contribution in [0.3, 0.4) is 0 Å². The molecule has 0 bridgehead atoms. The summed E-state index contributed by atoms with van der Waals surface area (Å²) < 4.78 is 10.8. The number of hydrogen-bond acceptors (Lipinski definition) is 5. The Labute approximate surface area is 197 Å². The number of nitrogens with zero attached hydrogens (tertiary/aromatic N) is 1. The van der Waals surface area contributed by atoms with E-state index >= 15 is 0 Å². The van der Waals surface area contributed by atoms with Gasteiger partial charge >= 0.3 is 12.1 Å². The fraction of sp³-hybridized carbons (Fsp3) is 0.423. The van der Waals surface area contributed by atoms with Gasteiger partial charge in [-0.3, -0.25) is 4.79 Å². The topological polar surface area (TPSA) is 105 Å². The van der Waals surface area contributed by atoms with Crippen LogP contribution < -0.4 is 5.32 Å². The van der Waals surface area contributed by atoms with Crippen molar-refractivity contribution in [1.82, 2.24) is 10.2 Å². The van der Waals surface area contributed by atoms with E-state index in [0.29, 0.717) is 25.9 Å². The van der Waals surface area contributed by atoms with E-state index in [0.717, 1.165) is 6.42 Å². The minimum atomic E-state index is -1.01. The second-order valence-corrected chi connectivity index (χ2v) is 9.25. The maximum Gasteiger partial charge on any atom is 0.407 e. The summed E-state index contributed by atoms with van der Waals surface area (Å²) >= 11 is 0. The Morgan fingerprint density at radius 2 is 1.62 bits per heavy atom. The Morgan fingerprint density at radius 1 is 0.971 bits per heavy atom. The van der Waals surface area contributed by atoms with Gasteiger partial charge in [0, 0.05) is 31.0 Å². The van der Waals surface area contributed by atoms with Gasteiger partial charge in [0.2, 0.25) is 5.91 Å². The standard InChI is InChI=1S/C26H28N2O6/c29-24(30)15-33-18-12-28(13-18)25(31)16-9-10-17(11-16)27-26(32)34-14-23-21-7-3-1-5-19(21)20-6-2-4-8-22(20)23/h1-8,16-18,23H,9-15H2,(H,27,32)(H,29,30)/t16-,17+/m0/s1. The normalized spacial score (nSPS) is 21.5. The van der Waals surface area contributed by atoms with Crippen LogP contribution in [0, 0.1) is 5.92 Å². The van der Waals surface area contributed by atoms with Gasteiger partial charge in [0.15, 0.2) is 0 Å². The molecule has 2 amide bonds. The van der Waals surface area contributed by atoms with Crippen LogP contribution in [0.5, 0.6) is 0 Å². The Morgan fingerprint density at radius 3 is 2.26 bits per heavy atom. The van der Waals surface area contributed by atoms with Gasteiger partial charge in [-0.05, 0) is 41.5 Å². The summed E-state index contributed by atoms with van der Waals surface area (Å²) in [6.07, 6.45) is 1.36. The molecule has 1 heterocycles. The van der Waals surface area contributed by atoms with Crippen LogP contribution >= 0.6 is 0 Å². The summed E-state index contributed by atoms with van der Waals surface area (Å²) in [7, 11) is 0. The average molecular weight is 465 g/mol. The fourth-order valence-electron chi connectivity index (χ4n) is 5.31. The first-order valence-electron chi connectivity index (χ1n) is 11.7. The van der Waals surface area contributed by atoms with Crippen LogP contribution in [0.2, 0.25) is 0 Å². The molecular formula is C26H28N2O6. The van der Waals surface area contributed by atoms with Gasteiger partial charge in [0.1, 0.15) is 13.2 Å². The first-order valence-corrected chi connectivity index (χ1v) is 11.7. The lowest BCUT2D eigenvalue weighted by Gasteiger charge is -2.40. The number of amides is 2. The fourth-order valence-corrected chi connectivity index (χ4v) is 5.31. The predicted octanol–water partition coefficient (Wildman–Crippen LogP) is 3.01. The van der Waals surface area contributed by atoms with E-state index < -0.39 is 12.1 Å². The predicted molar refractivity (Wildman–Crippen MR) is 123 cm³/mol. The zero-order valence-corrected chi connectivity index (χ0v) is 18.8. The van der Waals surface area contributed by atoms with Crippen LogP contribution in [-0.4, -0.2) is 66.4 Å². The Bertz CT molecular complexity index is 1050. The number of rotatable bonds is 7. The number of carboxylic acid groups (broad SMARTS) is 1. The molecule has 2 aromatic carbocycles. The maximum atomic E-state index is 12.7. The van der Waals surface area contributed by atoms with Gasteiger partial charge < -0.3 is 24.8 Å². The number of carboxylic acids is 1. The molecule has 3 aliphatic rings. The molecule has 5 rings (SSSR count). The Hall–Kier alpha value is -3.39. The van der Waals surface area contributed by atoms with Crippen LogP contribution in [0.15, 0.2) is 48.5 Å². The average Bonchev–Trinajstić information content (AvgIpc) is 3.39. The van der Waals surface area contributed by atoms with Crippen molar-refractivity contribution in [3.05, 3.63) is 59.7 Å². The highest BCUT2D eigenvalue weighted by atomic mass is 16.5. The number of ether oxygens (including phenoxy) is 2. The second kappa shape index (κ2) is 9.46. The van der Waals surface area contributed by atoms with Crippen molar-refractivity contribution in [1.29, 1.82) is 0 Å². The molecule has 2 atom stereocenters. The van der Waals surface area contributed by atoms with Crippen LogP contribution in [0.4, 0.5) is 4.79 Å². The van der Waals surface area contributed by atoms with E-state index in [9.17, 15) is 14.4 Å². The number of benzene rings is 2. The molecule has 0 aromatic heterocycles. The van der Waals surface area contributed by atoms with Crippen LogP contribution in [0.1, 0.15) is 36.3 Å². The molecule has 0 spiro atoms. The number of carbonyl (C=O) groups excluding carboxylic acids is 2. The molecule has 2 N–H and O–H groups in total. The maximum absolute atomic E-state index is 12.7. The largest absolute Gasteiger partial charge is 0.480 e. The molecule has 0 radical (unpaired) electrons. The Kier molecular flexibility index (Phi) is 6.24. The van der Waals surface area contributed by atoms with Crippen molar-refractivity contribution in [3.63, 3.8) is 0 Å². The number of carbonyl (C=O) groups is 3.